The number of benzene rings is 1. The van der Waals surface area contributed by atoms with Crippen molar-refractivity contribution in [2.45, 2.75) is 20.0 Å². The molecule has 0 radical (unpaired) electrons. The molecule has 0 aliphatic rings. The molecule has 0 saturated heterocycles. The van der Waals surface area contributed by atoms with Crippen LogP contribution in [0.1, 0.15) is 25.5 Å². The number of aliphatic hydroxyl groups excluding tert-OH is 1. The quantitative estimate of drug-likeness (QED) is 0.802. The summed E-state index contributed by atoms with van der Waals surface area (Å²) in [6.45, 7) is 4.62. The standard InChI is InChI=1S/C13H21NO2/c1-9(2)12(8-14)13(15)10-5-4-6-11(7-10)16-3/h4-7,9,12-13,15H,8,14H2,1-3H3. The second-order valence-electron chi connectivity index (χ2n) is 4.37. The summed E-state index contributed by atoms with van der Waals surface area (Å²) in [5.41, 5.74) is 6.56. The van der Waals surface area contributed by atoms with Crippen LogP contribution >= 0.6 is 0 Å². The summed E-state index contributed by atoms with van der Waals surface area (Å²) in [6.07, 6.45) is -0.528. The van der Waals surface area contributed by atoms with Gasteiger partial charge in [-0.2, -0.15) is 0 Å². The van der Waals surface area contributed by atoms with Gasteiger partial charge in [-0.3, -0.25) is 0 Å². The third kappa shape index (κ3) is 2.97. The van der Waals surface area contributed by atoms with Gasteiger partial charge >= 0.3 is 0 Å². The van der Waals surface area contributed by atoms with Gasteiger partial charge in [-0.15, -0.1) is 0 Å². The average molecular weight is 223 g/mol. The number of nitrogens with two attached hydrogens (primary N) is 1. The lowest BCUT2D eigenvalue weighted by Crippen LogP contribution is -2.26. The Morgan fingerprint density at radius 1 is 1.38 bits per heavy atom. The fraction of sp³-hybridized carbons (Fsp3) is 0.538. The van der Waals surface area contributed by atoms with Gasteiger partial charge in [0.05, 0.1) is 13.2 Å². The predicted molar refractivity (Wildman–Crippen MR) is 65.3 cm³/mol. The summed E-state index contributed by atoms with van der Waals surface area (Å²) in [4.78, 5) is 0. The molecule has 0 saturated carbocycles. The van der Waals surface area contributed by atoms with Crippen LogP contribution in [0, 0.1) is 11.8 Å². The van der Waals surface area contributed by atoms with E-state index in [1.807, 2.05) is 24.3 Å². The lowest BCUT2D eigenvalue weighted by atomic mass is 9.86. The first kappa shape index (κ1) is 13.0. The number of aliphatic hydroxyl groups is 1. The van der Waals surface area contributed by atoms with Crippen LogP contribution in [0.2, 0.25) is 0 Å². The van der Waals surface area contributed by atoms with Crippen molar-refractivity contribution < 1.29 is 9.84 Å². The molecule has 0 aliphatic carbocycles. The van der Waals surface area contributed by atoms with Crippen LogP contribution in [-0.4, -0.2) is 18.8 Å². The fourth-order valence-corrected chi connectivity index (χ4v) is 1.84. The highest BCUT2D eigenvalue weighted by Crippen LogP contribution is 2.29. The first-order chi connectivity index (χ1) is 7.60. The van der Waals surface area contributed by atoms with E-state index >= 15 is 0 Å². The highest BCUT2D eigenvalue weighted by molar-refractivity contribution is 5.30. The number of hydrogen-bond donors (Lipinski definition) is 2. The molecular weight excluding hydrogens is 202 g/mol. The second-order valence-corrected chi connectivity index (χ2v) is 4.37. The molecule has 0 amide bonds. The van der Waals surface area contributed by atoms with Crippen LogP contribution < -0.4 is 10.5 Å². The van der Waals surface area contributed by atoms with E-state index in [-0.39, 0.29) is 5.92 Å². The number of ether oxygens (including phenoxy) is 1. The Morgan fingerprint density at radius 3 is 2.56 bits per heavy atom. The van der Waals surface area contributed by atoms with E-state index in [1.165, 1.54) is 0 Å². The Bertz CT molecular complexity index is 325. The summed E-state index contributed by atoms with van der Waals surface area (Å²) in [7, 11) is 1.62. The number of methoxy groups -OCH3 is 1. The Labute approximate surface area is 97.2 Å². The lowest BCUT2D eigenvalue weighted by Gasteiger charge is -2.25. The van der Waals surface area contributed by atoms with Crippen molar-refractivity contribution in [3.05, 3.63) is 29.8 Å². The van der Waals surface area contributed by atoms with Crippen LogP contribution in [0.15, 0.2) is 24.3 Å². The molecule has 0 bridgehead atoms. The molecule has 1 aromatic rings. The molecular formula is C13H21NO2. The maximum atomic E-state index is 10.2. The van der Waals surface area contributed by atoms with E-state index in [4.69, 9.17) is 10.5 Å². The summed E-state index contributed by atoms with van der Waals surface area (Å²) in [5.74, 6) is 1.19. The van der Waals surface area contributed by atoms with Crippen LogP contribution in [0.4, 0.5) is 0 Å². The van der Waals surface area contributed by atoms with Crippen molar-refractivity contribution in [3.63, 3.8) is 0 Å². The zero-order valence-electron chi connectivity index (χ0n) is 10.2. The Kier molecular flexibility index (Phi) is 4.77. The fourth-order valence-electron chi connectivity index (χ4n) is 1.84. The molecule has 0 fully saturated rings. The monoisotopic (exact) mass is 223 g/mol. The molecule has 16 heavy (non-hydrogen) atoms. The van der Waals surface area contributed by atoms with Crippen molar-refractivity contribution in [2.75, 3.05) is 13.7 Å². The molecule has 2 unspecified atom stereocenters. The first-order valence-electron chi connectivity index (χ1n) is 5.62. The third-order valence-corrected chi connectivity index (χ3v) is 2.97. The van der Waals surface area contributed by atoms with Crippen LogP contribution in [0.25, 0.3) is 0 Å². The topological polar surface area (TPSA) is 55.5 Å². The molecule has 3 N–H and O–H groups in total. The highest BCUT2D eigenvalue weighted by atomic mass is 16.5. The highest BCUT2D eigenvalue weighted by Gasteiger charge is 2.22. The van der Waals surface area contributed by atoms with Gasteiger partial charge in [0.15, 0.2) is 0 Å². The maximum Gasteiger partial charge on any atom is 0.119 e. The molecule has 0 aromatic heterocycles. The molecule has 0 heterocycles. The molecule has 0 spiro atoms. The predicted octanol–water partition coefficient (Wildman–Crippen LogP) is 1.96. The Morgan fingerprint density at radius 2 is 2.06 bits per heavy atom. The van der Waals surface area contributed by atoms with Crippen LogP contribution in [0.3, 0.4) is 0 Å². The lowest BCUT2D eigenvalue weighted by molar-refractivity contribution is 0.0859. The molecule has 3 nitrogen and oxygen atoms in total. The second kappa shape index (κ2) is 5.87. The summed E-state index contributed by atoms with van der Waals surface area (Å²) in [5, 5.41) is 10.2. The number of hydrogen-bond acceptors (Lipinski definition) is 3. The maximum absolute atomic E-state index is 10.2. The van der Waals surface area contributed by atoms with Crippen LogP contribution in [0.5, 0.6) is 5.75 Å². The van der Waals surface area contributed by atoms with Gasteiger partial charge in [0.25, 0.3) is 0 Å². The van der Waals surface area contributed by atoms with Gasteiger partial charge in [-0.25, -0.2) is 0 Å². The minimum atomic E-state index is -0.528. The molecule has 1 aromatic carbocycles. The van der Waals surface area contributed by atoms with E-state index in [9.17, 15) is 5.11 Å². The Balaban J connectivity index is 2.89. The zero-order chi connectivity index (χ0) is 12.1. The van der Waals surface area contributed by atoms with E-state index in [0.29, 0.717) is 12.5 Å². The molecule has 3 heteroatoms. The van der Waals surface area contributed by atoms with Crippen LogP contribution in [-0.2, 0) is 0 Å². The van der Waals surface area contributed by atoms with Gasteiger partial charge in [0.1, 0.15) is 5.75 Å². The van der Waals surface area contributed by atoms with E-state index < -0.39 is 6.10 Å². The largest absolute Gasteiger partial charge is 0.497 e. The third-order valence-electron chi connectivity index (χ3n) is 2.97. The molecule has 90 valence electrons. The van der Waals surface area contributed by atoms with Gasteiger partial charge in [-0.1, -0.05) is 26.0 Å². The average Bonchev–Trinajstić information content (AvgIpc) is 2.29. The minimum Gasteiger partial charge on any atom is -0.497 e. The van der Waals surface area contributed by atoms with Crippen molar-refractivity contribution in [1.29, 1.82) is 0 Å². The first-order valence-corrected chi connectivity index (χ1v) is 5.62. The van der Waals surface area contributed by atoms with Gasteiger partial charge in [0.2, 0.25) is 0 Å². The molecule has 0 aliphatic heterocycles. The SMILES string of the molecule is COc1cccc(C(O)C(CN)C(C)C)c1. The van der Waals surface area contributed by atoms with Crippen molar-refractivity contribution in [1.82, 2.24) is 0 Å². The van der Waals surface area contributed by atoms with E-state index in [1.54, 1.807) is 7.11 Å². The zero-order valence-corrected chi connectivity index (χ0v) is 10.2. The normalized spacial score (nSPS) is 14.9. The van der Waals surface area contributed by atoms with Crippen molar-refractivity contribution in [2.24, 2.45) is 17.6 Å². The van der Waals surface area contributed by atoms with Gasteiger partial charge < -0.3 is 15.6 Å². The van der Waals surface area contributed by atoms with E-state index in [0.717, 1.165) is 11.3 Å². The molecule has 2 atom stereocenters. The summed E-state index contributed by atoms with van der Waals surface area (Å²) >= 11 is 0. The summed E-state index contributed by atoms with van der Waals surface area (Å²) in [6, 6.07) is 7.50. The molecule has 1 rings (SSSR count). The van der Waals surface area contributed by atoms with E-state index in [2.05, 4.69) is 13.8 Å². The minimum absolute atomic E-state index is 0.0760. The van der Waals surface area contributed by atoms with Gasteiger partial charge in [0, 0.05) is 5.92 Å². The van der Waals surface area contributed by atoms with Crippen molar-refractivity contribution in [3.8, 4) is 5.75 Å². The van der Waals surface area contributed by atoms with Crippen molar-refractivity contribution >= 4 is 0 Å². The smallest absolute Gasteiger partial charge is 0.119 e. The Hall–Kier alpha value is -1.06. The summed E-state index contributed by atoms with van der Waals surface area (Å²) < 4.78 is 5.14. The van der Waals surface area contributed by atoms with Gasteiger partial charge in [-0.05, 0) is 30.2 Å². The number of rotatable bonds is 5.